The number of cyclic esters (lactones) is 1. The molecule has 2 bridgehead atoms. The van der Waals surface area contributed by atoms with Crippen LogP contribution in [0.15, 0.2) is 0 Å². The lowest BCUT2D eigenvalue weighted by atomic mass is 9.81. The van der Waals surface area contributed by atoms with Gasteiger partial charge in [-0.1, -0.05) is 0 Å². The average Bonchev–Trinajstić information content (AvgIpc) is 3.09. The van der Waals surface area contributed by atoms with Gasteiger partial charge in [-0.05, 0) is 25.7 Å². The Hall–Kier alpha value is -1.63. The Morgan fingerprint density at radius 2 is 2.10 bits per heavy atom. The molecule has 4 rings (SSSR count). The minimum atomic E-state index is -0.806. The van der Waals surface area contributed by atoms with Crippen molar-refractivity contribution in [1.29, 1.82) is 0 Å². The molecule has 4 aliphatic heterocycles. The first-order chi connectivity index (χ1) is 9.63. The van der Waals surface area contributed by atoms with Crippen LogP contribution in [0.4, 0.5) is 4.79 Å². The Morgan fingerprint density at radius 1 is 1.25 bits per heavy atom. The number of amides is 3. The Bertz CT molecular complexity index is 507. The molecule has 1 spiro atoms. The van der Waals surface area contributed by atoms with Crippen molar-refractivity contribution in [1.82, 2.24) is 9.80 Å². The van der Waals surface area contributed by atoms with E-state index in [1.54, 1.807) is 4.90 Å². The number of imide groups is 1. The molecule has 3 atom stereocenters. The minimum Gasteiger partial charge on any atom is -0.447 e. The summed E-state index contributed by atoms with van der Waals surface area (Å²) in [4.78, 5) is 39.2. The highest BCUT2D eigenvalue weighted by Crippen LogP contribution is 2.51. The number of piperidine rings is 2. The molecule has 7 heteroatoms. The highest BCUT2D eigenvalue weighted by atomic mass is 16.6. The van der Waals surface area contributed by atoms with Gasteiger partial charge >= 0.3 is 6.09 Å². The molecule has 0 unspecified atom stereocenters. The fourth-order valence-corrected chi connectivity index (χ4v) is 3.93. The highest BCUT2D eigenvalue weighted by Gasteiger charge is 2.66. The number of fused-ring (bicyclic) bond motifs is 1. The Morgan fingerprint density at radius 3 is 2.85 bits per heavy atom. The van der Waals surface area contributed by atoms with Crippen LogP contribution in [0.5, 0.6) is 0 Å². The molecule has 20 heavy (non-hydrogen) atoms. The number of ether oxygens (including phenoxy) is 2. The van der Waals surface area contributed by atoms with E-state index in [2.05, 4.69) is 0 Å². The van der Waals surface area contributed by atoms with Crippen LogP contribution in [0, 0.1) is 5.92 Å². The van der Waals surface area contributed by atoms with Gasteiger partial charge in [0.1, 0.15) is 12.7 Å². The van der Waals surface area contributed by atoms with Gasteiger partial charge in [0.25, 0.3) is 5.91 Å². The fraction of sp³-hybridized carbons (Fsp3) is 0.769. The molecule has 3 amide bonds. The van der Waals surface area contributed by atoms with Crippen molar-refractivity contribution in [3.63, 3.8) is 0 Å². The Labute approximate surface area is 115 Å². The van der Waals surface area contributed by atoms with Crippen LogP contribution >= 0.6 is 0 Å². The van der Waals surface area contributed by atoms with Crippen LogP contribution in [-0.4, -0.2) is 59.2 Å². The predicted molar refractivity (Wildman–Crippen MR) is 64.3 cm³/mol. The largest absolute Gasteiger partial charge is 0.447 e. The van der Waals surface area contributed by atoms with Crippen molar-refractivity contribution in [3.05, 3.63) is 0 Å². The molecule has 0 radical (unpaired) electrons. The lowest BCUT2D eigenvalue weighted by Gasteiger charge is -2.44. The monoisotopic (exact) mass is 280 g/mol. The number of hydrogen-bond donors (Lipinski definition) is 0. The molecule has 4 aliphatic rings. The molecule has 4 saturated heterocycles. The molecular weight excluding hydrogens is 264 g/mol. The van der Waals surface area contributed by atoms with Crippen LogP contribution < -0.4 is 0 Å². The van der Waals surface area contributed by atoms with E-state index < -0.39 is 23.8 Å². The van der Waals surface area contributed by atoms with Crippen LogP contribution in [0.25, 0.3) is 0 Å². The van der Waals surface area contributed by atoms with Crippen molar-refractivity contribution in [2.24, 2.45) is 5.92 Å². The molecule has 4 heterocycles. The topological polar surface area (TPSA) is 76.2 Å². The Kier molecular flexibility index (Phi) is 2.39. The molecule has 0 aromatic rings. The van der Waals surface area contributed by atoms with E-state index in [1.165, 1.54) is 0 Å². The molecule has 0 N–H and O–H groups in total. The second kappa shape index (κ2) is 3.94. The van der Waals surface area contributed by atoms with Gasteiger partial charge in [-0.3, -0.25) is 9.59 Å². The van der Waals surface area contributed by atoms with E-state index in [0.717, 1.165) is 17.7 Å². The average molecular weight is 280 g/mol. The second-order valence-electron chi connectivity index (χ2n) is 5.79. The second-order valence-corrected chi connectivity index (χ2v) is 5.79. The van der Waals surface area contributed by atoms with E-state index >= 15 is 0 Å². The van der Waals surface area contributed by atoms with E-state index in [-0.39, 0.29) is 18.4 Å². The molecule has 108 valence electrons. The van der Waals surface area contributed by atoms with Gasteiger partial charge in [0.15, 0.2) is 5.72 Å². The SMILES string of the molecule is O=C1OCCN1C(=O)[C@@H]1C[C@H]2O[C@@]13CCCCN3C2=O. The van der Waals surface area contributed by atoms with Gasteiger partial charge in [0, 0.05) is 6.54 Å². The normalized spacial score (nSPS) is 39.2. The lowest BCUT2D eigenvalue weighted by Crippen LogP contribution is -2.59. The smallest absolute Gasteiger partial charge is 0.416 e. The maximum Gasteiger partial charge on any atom is 0.416 e. The maximum atomic E-state index is 12.6. The van der Waals surface area contributed by atoms with E-state index in [4.69, 9.17) is 9.47 Å². The predicted octanol–water partition coefficient (Wildman–Crippen LogP) is 0.0927. The van der Waals surface area contributed by atoms with Crippen molar-refractivity contribution < 1.29 is 23.9 Å². The van der Waals surface area contributed by atoms with E-state index in [9.17, 15) is 14.4 Å². The van der Waals surface area contributed by atoms with Crippen LogP contribution in [-0.2, 0) is 19.1 Å². The minimum absolute atomic E-state index is 0.00208. The summed E-state index contributed by atoms with van der Waals surface area (Å²) in [5, 5.41) is 0. The van der Waals surface area contributed by atoms with Gasteiger partial charge in [-0.25, -0.2) is 9.69 Å². The number of nitrogens with zero attached hydrogens (tertiary/aromatic N) is 2. The van der Waals surface area contributed by atoms with Crippen molar-refractivity contribution in [2.45, 2.75) is 37.5 Å². The third-order valence-electron chi connectivity index (χ3n) is 4.83. The summed E-state index contributed by atoms with van der Waals surface area (Å²) < 4.78 is 10.7. The third kappa shape index (κ3) is 1.36. The van der Waals surface area contributed by atoms with Gasteiger partial charge in [0.2, 0.25) is 5.91 Å². The van der Waals surface area contributed by atoms with Crippen LogP contribution in [0.3, 0.4) is 0 Å². The molecule has 7 nitrogen and oxygen atoms in total. The molecule has 4 fully saturated rings. The van der Waals surface area contributed by atoms with Crippen LogP contribution in [0.1, 0.15) is 25.7 Å². The van der Waals surface area contributed by atoms with Crippen molar-refractivity contribution >= 4 is 17.9 Å². The summed E-state index contributed by atoms with van der Waals surface area (Å²) in [6, 6.07) is 0. The first-order valence-electron chi connectivity index (χ1n) is 7.11. The fourth-order valence-electron chi connectivity index (χ4n) is 3.93. The summed E-state index contributed by atoms with van der Waals surface area (Å²) in [6.07, 6.45) is 1.84. The molecule has 0 aliphatic carbocycles. The maximum absolute atomic E-state index is 12.6. The van der Waals surface area contributed by atoms with Gasteiger partial charge in [-0.2, -0.15) is 0 Å². The quantitative estimate of drug-likeness (QED) is 0.680. The number of hydrogen-bond acceptors (Lipinski definition) is 5. The summed E-state index contributed by atoms with van der Waals surface area (Å²) >= 11 is 0. The zero-order chi connectivity index (χ0) is 13.9. The number of carbonyl (C=O) groups excluding carboxylic acids is 3. The summed E-state index contributed by atoms with van der Waals surface area (Å²) in [7, 11) is 0. The highest BCUT2D eigenvalue weighted by molar-refractivity contribution is 5.97. The van der Waals surface area contributed by atoms with Crippen molar-refractivity contribution in [3.8, 4) is 0 Å². The zero-order valence-electron chi connectivity index (χ0n) is 11.0. The van der Waals surface area contributed by atoms with Gasteiger partial charge in [0.05, 0.1) is 12.5 Å². The molecule has 0 aromatic heterocycles. The van der Waals surface area contributed by atoms with E-state index in [0.29, 0.717) is 25.9 Å². The summed E-state index contributed by atoms with van der Waals surface area (Å²) in [5.41, 5.74) is -0.806. The van der Waals surface area contributed by atoms with E-state index in [1.807, 2.05) is 0 Å². The lowest BCUT2D eigenvalue weighted by molar-refractivity contribution is -0.160. The first-order valence-corrected chi connectivity index (χ1v) is 7.11. The summed E-state index contributed by atoms with van der Waals surface area (Å²) in [5.74, 6) is -0.691. The molecule has 0 aromatic carbocycles. The third-order valence-corrected chi connectivity index (χ3v) is 4.83. The van der Waals surface area contributed by atoms with Crippen LogP contribution in [0.2, 0.25) is 0 Å². The Balaban J connectivity index is 1.65. The van der Waals surface area contributed by atoms with Crippen molar-refractivity contribution in [2.75, 3.05) is 19.7 Å². The number of carbonyl (C=O) groups is 3. The van der Waals surface area contributed by atoms with Gasteiger partial charge in [-0.15, -0.1) is 0 Å². The molecular formula is C13H16N2O5. The summed E-state index contributed by atoms with van der Waals surface area (Å²) in [6.45, 7) is 1.18. The number of rotatable bonds is 1. The standard InChI is InChI=1S/C13H16N2O5/c16-10(14-5-6-19-12(14)18)8-7-9-11(17)15-4-2-1-3-13(8,15)20-9/h8-9H,1-7H2/t8-,9+,13-/m0/s1. The first kappa shape index (κ1) is 12.1. The van der Waals surface area contributed by atoms with Gasteiger partial charge < -0.3 is 14.4 Å². The molecule has 0 saturated carbocycles. The zero-order valence-corrected chi connectivity index (χ0v) is 11.0.